The standard InChI is InChI=1S/C34H42N4O2/c1-3-5-7-9-14-18-33(39)35-26-20-22-29-31(24-26)38(28-16-12-11-13-17-28)32-25-27(21-23-30(32)37-29)36-34(40)19-15-10-8-6-4-2/h11-13,16-17,20-25H,3-10,14-15,18-19H2,1-2H3,(H,35,36,39,40)/p+1. The van der Waals surface area contributed by atoms with Gasteiger partial charge in [0.1, 0.15) is 11.0 Å². The van der Waals surface area contributed by atoms with Gasteiger partial charge in [0.05, 0.1) is 0 Å². The third-order valence-electron chi connectivity index (χ3n) is 7.27. The summed E-state index contributed by atoms with van der Waals surface area (Å²) in [6.07, 6.45) is 12.2. The molecule has 1 heterocycles. The van der Waals surface area contributed by atoms with E-state index in [1.807, 2.05) is 54.6 Å². The molecule has 0 aliphatic rings. The van der Waals surface area contributed by atoms with Crippen LogP contribution in [-0.2, 0) is 9.59 Å². The minimum atomic E-state index is 0.0375. The Kier molecular flexibility index (Phi) is 11.0. The molecule has 1 aromatic heterocycles. The molecular weight excluding hydrogens is 496 g/mol. The van der Waals surface area contributed by atoms with E-state index in [0.29, 0.717) is 12.8 Å². The second-order valence-electron chi connectivity index (χ2n) is 10.6. The minimum Gasteiger partial charge on any atom is -0.326 e. The normalized spacial score (nSPS) is 11.2. The van der Waals surface area contributed by atoms with Crippen LogP contribution >= 0.6 is 0 Å². The maximum atomic E-state index is 12.6. The monoisotopic (exact) mass is 539 g/mol. The number of hydrogen-bond donors (Lipinski definition) is 2. The zero-order valence-corrected chi connectivity index (χ0v) is 24.0. The van der Waals surface area contributed by atoms with Crippen LogP contribution in [0.5, 0.6) is 0 Å². The lowest BCUT2D eigenvalue weighted by Gasteiger charge is -2.10. The molecule has 0 spiro atoms. The topological polar surface area (TPSA) is 75.0 Å². The first-order valence-corrected chi connectivity index (χ1v) is 15.0. The van der Waals surface area contributed by atoms with Crippen molar-refractivity contribution in [3.63, 3.8) is 0 Å². The van der Waals surface area contributed by atoms with Crippen LogP contribution in [0.15, 0.2) is 66.7 Å². The third kappa shape index (κ3) is 8.10. The molecule has 0 atom stereocenters. The number of carbonyl (C=O) groups is 2. The van der Waals surface area contributed by atoms with Crippen LogP contribution in [0.4, 0.5) is 11.4 Å². The van der Waals surface area contributed by atoms with Gasteiger partial charge in [-0.25, -0.2) is 4.98 Å². The summed E-state index contributed by atoms with van der Waals surface area (Å²) in [5.74, 6) is 0.0751. The van der Waals surface area contributed by atoms with E-state index in [4.69, 9.17) is 4.98 Å². The first-order valence-electron chi connectivity index (χ1n) is 15.0. The van der Waals surface area contributed by atoms with E-state index < -0.39 is 0 Å². The fourth-order valence-corrected chi connectivity index (χ4v) is 5.09. The number of aromatic nitrogens is 2. The molecule has 3 aromatic carbocycles. The Morgan fingerprint density at radius 3 is 1.57 bits per heavy atom. The Morgan fingerprint density at radius 2 is 1.10 bits per heavy atom. The second-order valence-corrected chi connectivity index (χ2v) is 10.6. The second kappa shape index (κ2) is 15.1. The van der Waals surface area contributed by atoms with E-state index >= 15 is 0 Å². The predicted octanol–water partition coefficient (Wildman–Crippen LogP) is 8.26. The first-order chi connectivity index (χ1) is 19.6. The van der Waals surface area contributed by atoms with Crippen molar-refractivity contribution in [3.05, 3.63) is 66.7 Å². The van der Waals surface area contributed by atoms with Crippen LogP contribution in [0.25, 0.3) is 27.8 Å². The maximum Gasteiger partial charge on any atom is 0.239 e. The van der Waals surface area contributed by atoms with Crippen LogP contribution in [0, 0.1) is 0 Å². The largest absolute Gasteiger partial charge is 0.326 e. The third-order valence-corrected chi connectivity index (χ3v) is 7.27. The number of benzene rings is 3. The Balaban J connectivity index is 1.61. The highest BCUT2D eigenvalue weighted by Gasteiger charge is 2.21. The van der Waals surface area contributed by atoms with Gasteiger partial charge in [-0.3, -0.25) is 9.59 Å². The molecule has 0 fully saturated rings. The van der Waals surface area contributed by atoms with Gasteiger partial charge in [-0.2, -0.15) is 0 Å². The number of nitrogens with zero attached hydrogens (tertiary/aromatic N) is 2. The molecule has 2 N–H and O–H groups in total. The van der Waals surface area contributed by atoms with Gasteiger partial charge in [-0.05, 0) is 37.1 Å². The fraction of sp³-hybridized carbons (Fsp3) is 0.412. The lowest BCUT2D eigenvalue weighted by Crippen LogP contribution is -2.33. The van der Waals surface area contributed by atoms with Gasteiger partial charge < -0.3 is 10.6 Å². The number of nitrogens with one attached hydrogen (secondary N) is 2. The first kappa shape index (κ1) is 29.2. The average Bonchev–Trinajstić information content (AvgIpc) is 2.96. The molecule has 4 aromatic rings. The molecule has 0 aliphatic carbocycles. The van der Waals surface area contributed by atoms with Gasteiger partial charge in [0.15, 0.2) is 0 Å². The predicted molar refractivity (Wildman–Crippen MR) is 165 cm³/mol. The summed E-state index contributed by atoms with van der Waals surface area (Å²) >= 11 is 0. The number of unbranched alkanes of at least 4 members (excludes halogenated alkanes) is 8. The van der Waals surface area contributed by atoms with E-state index in [9.17, 15) is 9.59 Å². The molecule has 6 nitrogen and oxygen atoms in total. The molecule has 0 unspecified atom stereocenters. The molecule has 6 heteroatoms. The van der Waals surface area contributed by atoms with Gasteiger partial charge in [0, 0.05) is 48.5 Å². The van der Waals surface area contributed by atoms with Crippen LogP contribution < -0.4 is 15.2 Å². The number of hydrogen-bond acceptors (Lipinski definition) is 3. The lowest BCUT2D eigenvalue weighted by molar-refractivity contribution is -0.538. The molecule has 40 heavy (non-hydrogen) atoms. The molecule has 0 bridgehead atoms. The van der Waals surface area contributed by atoms with E-state index in [2.05, 4.69) is 41.2 Å². The number of amides is 2. The van der Waals surface area contributed by atoms with Crippen LogP contribution in [0.1, 0.15) is 90.9 Å². The average molecular weight is 540 g/mol. The Bertz CT molecular complexity index is 1330. The zero-order valence-electron chi connectivity index (χ0n) is 24.0. The number of fused-ring (bicyclic) bond motifs is 2. The Hall–Kier alpha value is -3.80. The summed E-state index contributed by atoms with van der Waals surface area (Å²) in [5, 5.41) is 6.17. The van der Waals surface area contributed by atoms with Crippen molar-refractivity contribution in [2.45, 2.75) is 90.9 Å². The van der Waals surface area contributed by atoms with Gasteiger partial charge in [0.25, 0.3) is 0 Å². The van der Waals surface area contributed by atoms with Crippen molar-refractivity contribution in [1.29, 1.82) is 0 Å². The number of carbonyl (C=O) groups excluding carboxylic acids is 2. The molecular formula is C34H43N4O2+. The molecule has 0 radical (unpaired) electrons. The molecule has 0 aliphatic heterocycles. The molecule has 4 rings (SSSR count). The fourth-order valence-electron chi connectivity index (χ4n) is 5.09. The van der Waals surface area contributed by atoms with Crippen molar-refractivity contribution in [1.82, 2.24) is 4.98 Å². The molecule has 210 valence electrons. The summed E-state index contributed by atoms with van der Waals surface area (Å²) < 4.78 is 2.15. The van der Waals surface area contributed by atoms with Crippen molar-refractivity contribution in [3.8, 4) is 5.69 Å². The maximum absolute atomic E-state index is 12.6. The highest BCUT2D eigenvalue weighted by molar-refractivity contribution is 5.95. The minimum absolute atomic E-state index is 0.0375. The van der Waals surface area contributed by atoms with Crippen molar-refractivity contribution in [2.75, 3.05) is 10.6 Å². The summed E-state index contributed by atoms with van der Waals surface area (Å²) in [5.41, 5.74) is 5.93. The SMILES string of the molecule is CCCCCCCC(=O)Nc1ccc2nc3ccc(NC(=O)CCCCCCC)cc3[n+](-c3ccccc3)c2c1. The lowest BCUT2D eigenvalue weighted by atomic mass is 10.1. The van der Waals surface area contributed by atoms with Gasteiger partial charge in [0.2, 0.25) is 28.5 Å². The van der Waals surface area contributed by atoms with Gasteiger partial charge >= 0.3 is 0 Å². The highest BCUT2D eigenvalue weighted by atomic mass is 16.2. The van der Waals surface area contributed by atoms with Crippen molar-refractivity contribution >= 4 is 45.3 Å². The Labute approximate surface area is 238 Å². The molecule has 0 saturated heterocycles. The quantitative estimate of drug-likeness (QED) is 0.0907. The van der Waals surface area contributed by atoms with E-state index in [-0.39, 0.29) is 11.8 Å². The van der Waals surface area contributed by atoms with Crippen LogP contribution in [0.2, 0.25) is 0 Å². The van der Waals surface area contributed by atoms with Crippen LogP contribution in [-0.4, -0.2) is 16.8 Å². The van der Waals surface area contributed by atoms with E-state index in [1.165, 1.54) is 38.5 Å². The number of para-hydroxylation sites is 1. The number of rotatable bonds is 15. The molecule has 0 saturated carbocycles. The zero-order chi connectivity index (χ0) is 28.2. The Morgan fingerprint density at radius 1 is 0.625 bits per heavy atom. The van der Waals surface area contributed by atoms with Crippen molar-refractivity contribution in [2.24, 2.45) is 0 Å². The smallest absolute Gasteiger partial charge is 0.239 e. The van der Waals surface area contributed by atoms with Gasteiger partial charge in [-0.15, -0.1) is 4.57 Å². The number of anilines is 2. The highest BCUT2D eigenvalue weighted by Crippen LogP contribution is 2.23. The van der Waals surface area contributed by atoms with Crippen LogP contribution in [0.3, 0.4) is 0 Å². The summed E-state index contributed by atoms with van der Waals surface area (Å²) in [6.45, 7) is 4.39. The van der Waals surface area contributed by atoms with Crippen molar-refractivity contribution < 1.29 is 14.2 Å². The summed E-state index contributed by atoms with van der Waals surface area (Å²) in [6, 6.07) is 21.9. The van der Waals surface area contributed by atoms with E-state index in [1.54, 1.807) is 0 Å². The van der Waals surface area contributed by atoms with E-state index in [0.717, 1.165) is 64.8 Å². The molecule has 2 amide bonds. The summed E-state index contributed by atoms with van der Waals surface area (Å²) in [7, 11) is 0. The van der Waals surface area contributed by atoms with Gasteiger partial charge in [-0.1, -0.05) is 83.4 Å². The summed E-state index contributed by atoms with van der Waals surface area (Å²) in [4.78, 5) is 30.2.